The summed E-state index contributed by atoms with van der Waals surface area (Å²) >= 11 is 10.0. The molecule has 1 aromatic carbocycles. The van der Waals surface area contributed by atoms with Crippen molar-refractivity contribution in [1.29, 1.82) is 0 Å². The predicted molar refractivity (Wildman–Crippen MR) is 130 cm³/mol. The van der Waals surface area contributed by atoms with Crippen molar-refractivity contribution in [2.75, 3.05) is 49.5 Å². The zero-order valence-corrected chi connectivity index (χ0v) is 20.5. The van der Waals surface area contributed by atoms with Crippen molar-refractivity contribution >= 4 is 39.3 Å². The normalized spacial score (nSPS) is 21.1. The number of aliphatic hydroxyl groups excluding tert-OH is 1. The van der Waals surface area contributed by atoms with Gasteiger partial charge in [-0.05, 0) is 78.2 Å². The molecule has 4 rings (SSSR count). The second-order valence-corrected chi connectivity index (χ2v) is 10.1. The van der Waals surface area contributed by atoms with Gasteiger partial charge in [0.25, 0.3) is 0 Å². The fourth-order valence-electron chi connectivity index (χ4n) is 4.67. The highest BCUT2D eigenvalue weighted by atomic mass is 79.9. The molecule has 2 aliphatic rings. The van der Waals surface area contributed by atoms with Crippen molar-refractivity contribution in [2.24, 2.45) is 11.8 Å². The lowest BCUT2D eigenvalue weighted by Crippen LogP contribution is -2.54. The minimum absolute atomic E-state index is 0.0241. The molecule has 2 aromatic rings. The van der Waals surface area contributed by atoms with Crippen LogP contribution in [0.1, 0.15) is 36.9 Å². The summed E-state index contributed by atoms with van der Waals surface area (Å²) in [6.07, 6.45) is 4.33. The molecule has 2 saturated heterocycles. The van der Waals surface area contributed by atoms with Gasteiger partial charge in [-0.25, -0.2) is 4.98 Å². The third-order valence-corrected chi connectivity index (χ3v) is 7.43. The molecular formula is C23H31BrClN5O. The van der Waals surface area contributed by atoms with Crippen LogP contribution in [0.15, 0.2) is 28.9 Å². The van der Waals surface area contributed by atoms with Crippen molar-refractivity contribution in [2.45, 2.75) is 32.7 Å². The topological polar surface area (TPSA) is 64.5 Å². The van der Waals surface area contributed by atoms with Gasteiger partial charge in [0.1, 0.15) is 5.82 Å². The summed E-state index contributed by atoms with van der Waals surface area (Å²) in [5, 5.41) is 13.5. The number of hydrogen-bond acceptors (Lipinski definition) is 6. The smallest absolute Gasteiger partial charge is 0.227 e. The summed E-state index contributed by atoms with van der Waals surface area (Å²) in [5.41, 5.74) is 2.20. The molecule has 0 amide bonds. The van der Waals surface area contributed by atoms with Crippen LogP contribution >= 0.6 is 27.5 Å². The third-order valence-electron chi connectivity index (χ3n) is 6.52. The SMILES string of the molecule is Cc1ccc([C@@H](C)Nc2nc(N3CC([C@H]4CCCN(CCO)C4)C3)ncc2Br)c(Cl)c1. The molecule has 2 fully saturated rings. The number of nitrogens with zero attached hydrogens (tertiary/aromatic N) is 4. The molecule has 2 atom stereocenters. The van der Waals surface area contributed by atoms with Crippen LogP contribution in [0, 0.1) is 18.8 Å². The second-order valence-electron chi connectivity index (χ2n) is 8.85. The van der Waals surface area contributed by atoms with E-state index in [1.807, 2.05) is 19.2 Å². The van der Waals surface area contributed by atoms with Gasteiger partial charge in [-0.2, -0.15) is 4.98 Å². The summed E-state index contributed by atoms with van der Waals surface area (Å²) in [4.78, 5) is 14.0. The van der Waals surface area contributed by atoms with Gasteiger partial charge < -0.3 is 20.2 Å². The Morgan fingerprint density at radius 2 is 2.10 bits per heavy atom. The first kappa shape index (κ1) is 22.8. The summed E-state index contributed by atoms with van der Waals surface area (Å²) < 4.78 is 0.843. The molecule has 0 radical (unpaired) electrons. The number of halogens is 2. The molecule has 0 unspecified atom stereocenters. The number of anilines is 2. The van der Waals surface area contributed by atoms with E-state index in [4.69, 9.17) is 16.6 Å². The van der Waals surface area contributed by atoms with Gasteiger partial charge in [-0.1, -0.05) is 23.7 Å². The first-order valence-electron chi connectivity index (χ1n) is 11.1. The Balaban J connectivity index is 1.38. The first-order chi connectivity index (χ1) is 14.9. The maximum atomic E-state index is 9.23. The maximum absolute atomic E-state index is 9.23. The number of nitrogens with one attached hydrogen (secondary N) is 1. The average molecular weight is 509 g/mol. The van der Waals surface area contributed by atoms with Crippen molar-refractivity contribution in [3.8, 4) is 0 Å². The molecule has 2 N–H and O–H groups in total. The highest BCUT2D eigenvalue weighted by Gasteiger charge is 2.37. The van der Waals surface area contributed by atoms with E-state index in [0.717, 1.165) is 65.1 Å². The Morgan fingerprint density at radius 1 is 1.29 bits per heavy atom. The summed E-state index contributed by atoms with van der Waals surface area (Å²) in [6.45, 7) is 9.38. The quantitative estimate of drug-likeness (QED) is 0.573. The standard InChI is InChI=1S/C23H31BrClN5O/c1-15-5-6-19(21(25)10-15)16(2)27-22-20(24)11-26-23(28-22)30-13-18(14-30)17-4-3-7-29(12-17)8-9-31/h5-6,10-11,16-18,31H,3-4,7-9,12-14H2,1-2H3,(H,26,27,28)/t16-,17+/m1/s1. The summed E-state index contributed by atoms with van der Waals surface area (Å²) in [7, 11) is 0. The molecule has 2 aliphatic heterocycles. The number of piperidine rings is 1. The first-order valence-corrected chi connectivity index (χ1v) is 12.2. The van der Waals surface area contributed by atoms with Gasteiger partial charge in [0.2, 0.25) is 5.95 Å². The van der Waals surface area contributed by atoms with E-state index in [-0.39, 0.29) is 12.6 Å². The van der Waals surface area contributed by atoms with Gasteiger partial charge >= 0.3 is 0 Å². The van der Waals surface area contributed by atoms with Crippen molar-refractivity contribution in [3.05, 3.63) is 45.0 Å². The Bertz CT molecular complexity index is 906. The molecule has 1 aromatic heterocycles. The average Bonchev–Trinajstić information content (AvgIpc) is 2.70. The molecule has 0 bridgehead atoms. The Hall–Kier alpha value is -1.41. The van der Waals surface area contributed by atoms with Crippen molar-refractivity contribution in [3.63, 3.8) is 0 Å². The predicted octanol–water partition coefficient (Wildman–Crippen LogP) is 4.51. The molecule has 6 nitrogen and oxygen atoms in total. The minimum Gasteiger partial charge on any atom is -0.395 e. The highest BCUT2D eigenvalue weighted by molar-refractivity contribution is 9.10. The molecule has 8 heteroatoms. The summed E-state index contributed by atoms with van der Waals surface area (Å²) in [6, 6.07) is 6.15. The fourth-order valence-corrected chi connectivity index (χ4v) is 5.38. The van der Waals surface area contributed by atoms with E-state index in [0.29, 0.717) is 11.8 Å². The van der Waals surface area contributed by atoms with Crippen LogP contribution in [0.3, 0.4) is 0 Å². The van der Waals surface area contributed by atoms with E-state index < -0.39 is 0 Å². The largest absolute Gasteiger partial charge is 0.395 e. The lowest BCUT2D eigenvalue weighted by molar-refractivity contribution is 0.101. The number of hydrogen-bond donors (Lipinski definition) is 2. The molecular weight excluding hydrogens is 478 g/mol. The van der Waals surface area contributed by atoms with E-state index in [9.17, 15) is 5.11 Å². The summed E-state index contributed by atoms with van der Waals surface area (Å²) in [5.74, 6) is 2.93. The Morgan fingerprint density at radius 3 is 2.84 bits per heavy atom. The minimum atomic E-state index is 0.0241. The fraction of sp³-hybridized carbons (Fsp3) is 0.565. The van der Waals surface area contributed by atoms with Gasteiger partial charge in [0.15, 0.2) is 0 Å². The van der Waals surface area contributed by atoms with Gasteiger partial charge in [0.05, 0.1) is 17.1 Å². The van der Waals surface area contributed by atoms with Crippen LogP contribution < -0.4 is 10.2 Å². The monoisotopic (exact) mass is 507 g/mol. The number of β-amino-alcohol motifs (C(OH)–C–C–N with tert-alkyl or cyclic N) is 1. The Labute approximate surface area is 198 Å². The third kappa shape index (κ3) is 5.33. The second kappa shape index (κ2) is 10.0. The lowest BCUT2D eigenvalue weighted by atomic mass is 9.81. The highest BCUT2D eigenvalue weighted by Crippen LogP contribution is 2.34. The van der Waals surface area contributed by atoms with E-state index >= 15 is 0 Å². The van der Waals surface area contributed by atoms with Crippen molar-refractivity contribution < 1.29 is 5.11 Å². The molecule has 0 aliphatic carbocycles. The van der Waals surface area contributed by atoms with E-state index in [1.165, 1.54) is 12.8 Å². The number of benzene rings is 1. The maximum Gasteiger partial charge on any atom is 0.227 e. The molecule has 168 valence electrons. The Kier molecular flexibility index (Phi) is 7.37. The number of aromatic nitrogens is 2. The van der Waals surface area contributed by atoms with Crippen LogP contribution in [0.4, 0.5) is 11.8 Å². The van der Waals surface area contributed by atoms with Gasteiger partial charge in [0, 0.05) is 37.4 Å². The molecule has 3 heterocycles. The molecule has 0 spiro atoms. The van der Waals surface area contributed by atoms with Gasteiger partial charge in [-0.15, -0.1) is 0 Å². The number of rotatable bonds is 7. The zero-order chi connectivity index (χ0) is 22.0. The molecule has 31 heavy (non-hydrogen) atoms. The lowest BCUT2D eigenvalue weighted by Gasteiger charge is -2.46. The van der Waals surface area contributed by atoms with Crippen LogP contribution in [0.2, 0.25) is 5.02 Å². The zero-order valence-electron chi connectivity index (χ0n) is 18.2. The number of likely N-dealkylation sites (tertiary alicyclic amines) is 1. The van der Waals surface area contributed by atoms with Crippen LogP contribution in [-0.4, -0.2) is 59.3 Å². The van der Waals surface area contributed by atoms with Crippen LogP contribution in [0.25, 0.3) is 0 Å². The van der Waals surface area contributed by atoms with Crippen molar-refractivity contribution in [1.82, 2.24) is 14.9 Å². The van der Waals surface area contributed by atoms with Crippen LogP contribution in [0.5, 0.6) is 0 Å². The van der Waals surface area contributed by atoms with E-state index in [2.05, 4.69) is 55.1 Å². The molecule has 0 saturated carbocycles. The van der Waals surface area contributed by atoms with E-state index in [1.54, 1.807) is 0 Å². The van der Waals surface area contributed by atoms with Gasteiger partial charge in [-0.3, -0.25) is 0 Å². The van der Waals surface area contributed by atoms with Crippen LogP contribution in [-0.2, 0) is 0 Å². The number of aryl methyl sites for hydroxylation is 1. The number of aliphatic hydroxyl groups is 1.